The van der Waals surface area contributed by atoms with E-state index in [0.717, 1.165) is 16.6 Å². The van der Waals surface area contributed by atoms with E-state index >= 15 is 0 Å². The van der Waals surface area contributed by atoms with Gasteiger partial charge >= 0.3 is 0 Å². The summed E-state index contributed by atoms with van der Waals surface area (Å²) in [6.07, 6.45) is 3.52. The van der Waals surface area contributed by atoms with Crippen LogP contribution in [0.1, 0.15) is 11.3 Å². The second-order valence-electron chi connectivity index (χ2n) is 3.77. The molecule has 1 aliphatic rings. The molecule has 0 radical (unpaired) electrons. The van der Waals surface area contributed by atoms with Gasteiger partial charge in [-0.05, 0) is 0 Å². The highest BCUT2D eigenvalue weighted by molar-refractivity contribution is 7.89. The zero-order valence-corrected chi connectivity index (χ0v) is 10.4. The Labute approximate surface area is 93.8 Å². The van der Waals surface area contributed by atoms with Crippen LogP contribution in [0.15, 0.2) is 6.20 Å². The fourth-order valence-corrected chi connectivity index (χ4v) is 2.80. The maximum atomic E-state index is 11.3. The molecule has 0 aromatic carbocycles. The highest BCUT2D eigenvalue weighted by Gasteiger charge is 2.29. The Hall–Kier alpha value is -0.930. The SMILES string of the molecule is CS(=O)(=O)N1Cc2cn(S(C)(=O)=O)nc2C1. The molecule has 90 valence electrons. The fourth-order valence-electron chi connectivity index (χ4n) is 1.50. The molecular formula is C7H11N3O4S2. The normalized spacial score (nSPS) is 17.6. The topological polar surface area (TPSA) is 89.3 Å². The number of nitrogens with zero attached hydrogens (tertiary/aromatic N) is 3. The molecule has 2 heterocycles. The van der Waals surface area contributed by atoms with Crippen LogP contribution in [0.5, 0.6) is 0 Å². The van der Waals surface area contributed by atoms with E-state index in [2.05, 4.69) is 5.10 Å². The molecule has 1 aromatic heterocycles. The zero-order valence-electron chi connectivity index (χ0n) is 8.78. The van der Waals surface area contributed by atoms with E-state index in [4.69, 9.17) is 0 Å². The van der Waals surface area contributed by atoms with Crippen molar-refractivity contribution in [2.24, 2.45) is 0 Å². The van der Waals surface area contributed by atoms with E-state index in [1.807, 2.05) is 0 Å². The van der Waals surface area contributed by atoms with Crippen LogP contribution in [0.3, 0.4) is 0 Å². The van der Waals surface area contributed by atoms with Crippen LogP contribution >= 0.6 is 0 Å². The van der Waals surface area contributed by atoms with Gasteiger partial charge in [0.1, 0.15) is 0 Å². The summed E-state index contributed by atoms with van der Waals surface area (Å²) in [5, 5.41) is 3.85. The Morgan fingerprint density at radius 1 is 1.12 bits per heavy atom. The molecule has 9 heteroatoms. The molecule has 0 unspecified atom stereocenters. The van der Waals surface area contributed by atoms with Gasteiger partial charge in [-0.25, -0.2) is 16.8 Å². The van der Waals surface area contributed by atoms with Crippen molar-refractivity contribution in [2.45, 2.75) is 13.1 Å². The first-order valence-electron chi connectivity index (χ1n) is 4.41. The van der Waals surface area contributed by atoms with Gasteiger partial charge in [-0.15, -0.1) is 0 Å². The lowest BCUT2D eigenvalue weighted by atomic mass is 10.3. The minimum absolute atomic E-state index is 0.136. The first-order chi connectivity index (χ1) is 7.18. The van der Waals surface area contributed by atoms with Crippen molar-refractivity contribution < 1.29 is 16.8 Å². The molecule has 16 heavy (non-hydrogen) atoms. The molecule has 0 bridgehead atoms. The molecule has 0 atom stereocenters. The average Bonchev–Trinajstić information content (AvgIpc) is 2.53. The summed E-state index contributed by atoms with van der Waals surface area (Å²) in [4.78, 5) is 0. The second kappa shape index (κ2) is 3.28. The van der Waals surface area contributed by atoms with E-state index in [1.54, 1.807) is 0 Å². The van der Waals surface area contributed by atoms with Gasteiger partial charge in [0.2, 0.25) is 10.0 Å². The molecule has 7 nitrogen and oxygen atoms in total. The van der Waals surface area contributed by atoms with Crippen molar-refractivity contribution >= 4 is 20.0 Å². The number of aromatic nitrogens is 2. The van der Waals surface area contributed by atoms with Crippen molar-refractivity contribution in [1.29, 1.82) is 0 Å². The third kappa shape index (κ3) is 1.97. The van der Waals surface area contributed by atoms with E-state index in [0.29, 0.717) is 11.3 Å². The average molecular weight is 265 g/mol. The number of fused-ring (bicyclic) bond motifs is 1. The summed E-state index contributed by atoms with van der Waals surface area (Å²) in [7, 11) is -6.65. The summed E-state index contributed by atoms with van der Waals surface area (Å²) in [6.45, 7) is 0.320. The lowest BCUT2D eigenvalue weighted by Crippen LogP contribution is -2.25. The van der Waals surface area contributed by atoms with Crippen molar-refractivity contribution in [1.82, 2.24) is 13.5 Å². The molecule has 0 spiro atoms. The largest absolute Gasteiger partial charge is 0.250 e. The summed E-state index contributed by atoms with van der Waals surface area (Å²) >= 11 is 0. The predicted molar refractivity (Wildman–Crippen MR) is 56.6 cm³/mol. The molecule has 2 rings (SSSR count). The summed E-state index contributed by atoms with van der Waals surface area (Å²) < 4.78 is 47.0. The summed E-state index contributed by atoms with van der Waals surface area (Å²) in [5.41, 5.74) is 1.13. The zero-order chi connectivity index (χ0) is 12.1. The highest BCUT2D eigenvalue weighted by atomic mass is 32.2. The molecular weight excluding hydrogens is 254 g/mol. The van der Waals surface area contributed by atoms with Crippen LogP contribution in [-0.2, 0) is 33.1 Å². The van der Waals surface area contributed by atoms with E-state index in [-0.39, 0.29) is 13.1 Å². The van der Waals surface area contributed by atoms with Crippen LogP contribution in [0.4, 0.5) is 0 Å². The summed E-state index contributed by atoms with van der Waals surface area (Å²) in [6, 6.07) is 0. The number of hydrogen-bond acceptors (Lipinski definition) is 5. The monoisotopic (exact) mass is 265 g/mol. The van der Waals surface area contributed by atoms with Crippen molar-refractivity contribution in [3.63, 3.8) is 0 Å². The number of hydrogen-bond donors (Lipinski definition) is 0. The van der Waals surface area contributed by atoms with E-state index in [9.17, 15) is 16.8 Å². The van der Waals surface area contributed by atoms with Crippen LogP contribution in [0.2, 0.25) is 0 Å². The Kier molecular flexibility index (Phi) is 2.37. The van der Waals surface area contributed by atoms with Crippen LogP contribution in [0, 0.1) is 0 Å². The maximum absolute atomic E-state index is 11.3. The lowest BCUT2D eigenvalue weighted by molar-refractivity contribution is 0.430. The minimum Gasteiger partial charge on any atom is -0.212 e. The number of rotatable bonds is 2. The molecule has 1 aromatic rings. The minimum atomic E-state index is -3.40. The van der Waals surface area contributed by atoms with Gasteiger partial charge in [-0.2, -0.15) is 13.5 Å². The van der Waals surface area contributed by atoms with Gasteiger partial charge in [-0.1, -0.05) is 0 Å². The third-order valence-corrected chi connectivity index (χ3v) is 4.40. The third-order valence-electron chi connectivity index (χ3n) is 2.34. The van der Waals surface area contributed by atoms with Gasteiger partial charge in [0.25, 0.3) is 10.0 Å². The summed E-state index contributed by atoms with van der Waals surface area (Å²) in [5.74, 6) is 0. The molecule has 0 saturated carbocycles. The molecule has 0 aliphatic carbocycles. The second-order valence-corrected chi connectivity index (χ2v) is 7.59. The molecule has 1 aliphatic heterocycles. The smallest absolute Gasteiger partial charge is 0.212 e. The van der Waals surface area contributed by atoms with Crippen LogP contribution < -0.4 is 0 Å². The lowest BCUT2D eigenvalue weighted by Gasteiger charge is -2.11. The van der Waals surface area contributed by atoms with Crippen LogP contribution in [0.25, 0.3) is 0 Å². The van der Waals surface area contributed by atoms with Gasteiger partial charge in [0.15, 0.2) is 0 Å². The Morgan fingerprint density at radius 3 is 2.19 bits per heavy atom. The maximum Gasteiger partial charge on any atom is 0.250 e. The quantitative estimate of drug-likeness (QED) is 0.682. The molecule has 0 fully saturated rings. The van der Waals surface area contributed by atoms with Crippen LogP contribution in [-0.4, -0.2) is 42.8 Å². The van der Waals surface area contributed by atoms with E-state index < -0.39 is 20.0 Å². The Balaban J connectivity index is 2.34. The highest BCUT2D eigenvalue weighted by Crippen LogP contribution is 2.23. The van der Waals surface area contributed by atoms with Gasteiger partial charge in [0, 0.05) is 18.3 Å². The first-order valence-corrected chi connectivity index (χ1v) is 8.10. The fraction of sp³-hybridized carbons (Fsp3) is 0.571. The number of sulfonamides is 1. The van der Waals surface area contributed by atoms with Crippen molar-refractivity contribution in [3.8, 4) is 0 Å². The Bertz CT molecular complexity index is 605. The molecule has 0 amide bonds. The van der Waals surface area contributed by atoms with Crippen molar-refractivity contribution in [3.05, 3.63) is 17.5 Å². The Morgan fingerprint density at radius 2 is 1.75 bits per heavy atom. The van der Waals surface area contributed by atoms with Gasteiger partial charge in [-0.3, -0.25) is 0 Å². The molecule has 0 N–H and O–H groups in total. The predicted octanol–water partition coefficient (Wildman–Crippen LogP) is -1.03. The first kappa shape index (κ1) is 11.6. The van der Waals surface area contributed by atoms with E-state index in [1.165, 1.54) is 10.5 Å². The van der Waals surface area contributed by atoms with Gasteiger partial charge < -0.3 is 0 Å². The van der Waals surface area contributed by atoms with Crippen molar-refractivity contribution in [2.75, 3.05) is 12.5 Å². The standard InChI is InChI=1S/C7H11N3O4S2/c1-15(11,12)9-3-6-4-10(16(2,13)14)8-7(6)5-9/h4H,3,5H2,1-2H3. The molecule has 0 saturated heterocycles. The van der Waals surface area contributed by atoms with Gasteiger partial charge in [0.05, 0.1) is 24.8 Å².